The number of hydrogen-bond donors (Lipinski definition) is 0. The van der Waals surface area contributed by atoms with Gasteiger partial charge in [0.05, 0.1) is 5.38 Å². The van der Waals surface area contributed by atoms with Crippen LogP contribution in [0, 0.1) is 5.82 Å². The molecule has 1 unspecified atom stereocenters. The van der Waals surface area contributed by atoms with Gasteiger partial charge in [-0.1, -0.05) is 24.3 Å². The number of thioether (sulfide) groups is 1. The first-order valence-corrected chi connectivity index (χ1v) is 6.90. The third kappa shape index (κ3) is 3.02. The van der Waals surface area contributed by atoms with E-state index in [4.69, 9.17) is 11.6 Å². The molecular formula is C14H12ClFS. The Kier molecular flexibility index (Phi) is 4.08. The molecule has 2 aromatic carbocycles. The van der Waals surface area contributed by atoms with E-state index in [1.807, 2.05) is 30.5 Å². The van der Waals surface area contributed by atoms with Crippen molar-refractivity contribution in [1.82, 2.24) is 0 Å². The largest absolute Gasteiger partial charge is 0.207 e. The lowest BCUT2D eigenvalue weighted by Gasteiger charge is -2.10. The maximum Gasteiger partial charge on any atom is 0.123 e. The maximum atomic E-state index is 12.8. The summed E-state index contributed by atoms with van der Waals surface area (Å²) in [7, 11) is 0. The summed E-state index contributed by atoms with van der Waals surface area (Å²) in [4.78, 5) is 1.21. The van der Waals surface area contributed by atoms with Gasteiger partial charge in [-0.15, -0.1) is 23.4 Å². The smallest absolute Gasteiger partial charge is 0.123 e. The topological polar surface area (TPSA) is 0 Å². The van der Waals surface area contributed by atoms with Gasteiger partial charge in [-0.25, -0.2) is 4.39 Å². The van der Waals surface area contributed by atoms with Crippen LogP contribution in [0.5, 0.6) is 0 Å². The van der Waals surface area contributed by atoms with Gasteiger partial charge in [-0.3, -0.25) is 0 Å². The first-order valence-electron chi connectivity index (χ1n) is 5.24. The highest BCUT2D eigenvalue weighted by molar-refractivity contribution is 7.98. The van der Waals surface area contributed by atoms with E-state index in [1.54, 1.807) is 23.9 Å². The Labute approximate surface area is 110 Å². The van der Waals surface area contributed by atoms with E-state index in [1.165, 1.54) is 17.0 Å². The molecule has 2 rings (SSSR count). The number of alkyl halides is 1. The van der Waals surface area contributed by atoms with E-state index < -0.39 is 0 Å². The average molecular weight is 267 g/mol. The van der Waals surface area contributed by atoms with Crippen molar-refractivity contribution in [3.8, 4) is 0 Å². The van der Waals surface area contributed by atoms with Gasteiger partial charge in [0.1, 0.15) is 5.82 Å². The molecule has 2 aromatic rings. The molecule has 0 aromatic heterocycles. The molecular weight excluding hydrogens is 255 g/mol. The SMILES string of the molecule is CSc1ccc(C(Cl)c2ccc(F)cc2)cc1. The van der Waals surface area contributed by atoms with E-state index in [0.29, 0.717) is 0 Å². The first kappa shape index (κ1) is 12.5. The van der Waals surface area contributed by atoms with Crippen LogP contribution in [0.4, 0.5) is 4.39 Å². The zero-order chi connectivity index (χ0) is 12.3. The van der Waals surface area contributed by atoms with Crippen molar-refractivity contribution in [3.63, 3.8) is 0 Å². The molecule has 1 atom stereocenters. The first-order chi connectivity index (χ1) is 8.20. The van der Waals surface area contributed by atoms with Gasteiger partial charge < -0.3 is 0 Å². The molecule has 0 nitrogen and oxygen atoms in total. The van der Waals surface area contributed by atoms with Crippen molar-refractivity contribution in [1.29, 1.82) is 0 Å². The van der Waals surface area contributed by atoms with Gasteiger partial charge in [0.15, 0.2) is 0 Å². The summed E-state index contributed by atoms with van der Waals surface area (Å²) in [5.41, 5.74) is 1.93. The molecule has 0 bridgehead atoms. The van der Waals surface area contributed by atoms with Crippen molar-refractivity contribution in [2.24, 2.45) is 0 Å². The number of hydrogen-bond acceptors (Lipinski definition) is 1. The maximum absolute atomic E-state index is 12.8. The van der Waals surface area contributed by atoms with Crippen molar-refractivity contribution in [3.05, 3.63) is 65.5 Å². The fourth-order valence-corrected chi connectivity index (χ4v) is 2.30. The summed E-state index contributed by atoms with van der Waals surface area (Å²) in [6.45, 7) is 0. The molecule has 0 N–H and O–H groups in total. The Balaban J connectivity index is 2.23. The third-order valence-electron chi connectivity index (χ3n) is 2.57. The molecule has 0 heterocycles. The molecule has 0 fully saturated rings. The van der Waals surface area contributed by atoms with Crippen LogP contribution in [-0.4, -0.2) is 6.26 Å². The third-order valence-corrected chi connectivity index (χ3v) is 3.82. The fourth-order valence-electron chi connectivity index (χ4n) is 1.60. The zero-order valence-corrected chi connectivity index (χ0v) is 10.9. The van der Waals surface area contributed by atoms with Crippen LogP contribution < -0.4 is 0 Å². The molecule has 0 saturated carbocycles. The minimum absolute atomic E-state index is 0.230. The monoisotopic (exact) mass is 266 g/mol. The van der Waals surface area contributed by atoms with Crippen LogP contribution in [0.3, 0.4) is 0 Å². The summed E-state index contributed by atoms with van der Waals surface area (Å²) in [5.74, 6) is -0.240. The van der Waals surface area contributed by atoms with E-state index >= 15 is 0 Å². The van der Waals surface area contributed by atoms with E-state index in [2.05, 4.69) is 0 Å². The summed E-state index contributed by atoms with van der Waals surface area (Å²) in [6, 6.07) is 14.4. The predicted octanol–water partition coefficient (Wildman–Crippen LogP) is 4.88. The van der Waals surface area contributed by atoms with Crippen molar-refractivity contribution < 1.29 is 4.39 Å². The van der Waals surface area contributed by atoms with E-state index in [9.17, 15) is 4.39 Å². The quantitative estimate of drug-likeness (QED) is 0.564. The molecule has 0 aliphatic carbocycles. The van der Waals surface area contributed by atoms with Crippen LogP contribution in [0.25, 0.3) is 0 Å². The lowest BCUT2D eigenvalue weighted by Crippen LogP contribution is -1.93. The molecule has 88 valence electrons. The summed E-state index contributed by atoms with van der Waals surface area (Å²) < 4.78 is 12.8. The molecule has 17 heavy (non-hydrogen) atoms. The predicted molar refractivity (Wildman–Crippen MR) is 72.3 cm³/mol. The summed E-state index contributed by atoms with van der Waals surface area (Å²) >= 11 is 8.04. The van der Waals surface area contributed by atoms with E-state index in [-0.39, 0.29) is 11.2 Å². The Morgan fingerprint density at radius 3 is 1.88 bits per heavy atom. The normalized spacial score (nSPS) is 12.4. The van der Waals surface area contributed by atoms with E-state index in [0.717, 1.165) is 11.1 Å². The highest BCUT2D eigenvalue weighted by Crippen LogP contribution is 2.29. The standard InChI is InChI=1S/C14H12ClFS/c1-17-13-8-4-11(5-9-13)14(15)10-2-6-12(16)7-3-10/h2-9,14H,1H3. The Morgan fingerprint density at radius 1 is 0.941 bits per heavy atom. The summed E-state index contributed by atoms with van der Waals surface area (Å²) in [6.07, 6.45) is 2.03. The minimum atomic E-state index is -0.240. The lowest BCUT2D eigenvalue weighted by molar-refractivity contribution is 0.627. The van der Waals surface area contributed by atoms with Gasteiger partial charge in [0.2, 0.25) is 0 Å². The van der Waals surface area contributed by atoms with Crippen LogP contribution in [0.15, 0.2) is 53.4 Å². The molecule has 0 spiro atoms. The van der Waals surface area contributed by atoms with Crippen LogP contribution >= 0.6 is 23.4 Å². The fraction of sp³-hybridized carbons (Fsp3) is 0.143. The zero-order valence-electron chi connectivity index (χ0n) is 9.36. The average Bonchev–Trinajstić information content (AvgIpc) is 2.39. The highest BCUT2D eigenvalue weighted by atomic mass is 35.5. The second kappa shape index (κ2) is 5.56. The van der Waals surface area contributed by atoms with Crippen molar-refractivity contribution >= 4 is 23.4 Å². The Hall–Kier alpha value is -0.990. The lowest BCUT2D eigenvalue weighted by atomic mass is 10.0. The molecule has 3 heteroatoms. The second-order valence-electron chi connectivity index (χ2n) is 3.69. The molecule has 0 aliphatic rings. The van der Waals surface area contributed by atoms with Gasteiger partial charge in [0.25, 0.3) is 0 Å². The van der Waals surface area contributed by atoms with Crippen molar-refractivity contribution in [2.45, 2.75) is 10.3 Å². The Morgan fingerprint density at radius 2 is 1.41 bits per heavy atom. The second-order valence-corrected chi connectivity index (χ2v) is 5.00. The van der Waals surface area contributed by atoms with Crippen LogP contribution in [0.1, 0.15) is 16.5 Å². The van der Waals surface area contributed by atoms with Gasteiger partial charge >= 0.3 is 0 Å². The number of rotatable bonds is 3. The number of halogens is 2. The van der Waals surface area contributed by atoms with Gasteiger partial charge in [-0.2, -0.15) is 0 Å². The van der Waals surface area contributed by atoms with Gasteiger partial charge in [-0.05, 0) is 41.6 Å². The number of benzene rings is 2. The minimum Gasteiger partial charge on any atom is -0.207 e. The molecule has 0 aliphatic heterocycles. The van der Waals surface area contributed by atoms with Crippen molar-refractivity contribution in [2.75, 3.05) is 6.26 Å². The molecule has 0 saturated heterocycles. The highest BCUT2D eigenvalue weighted by Gasteiger charge is 2.10. The van der Waals surface area contributed by atoms with Crippen LogP contribution in [-0.2, 0) is 0 Å². The Bertz CT molecular complexity index is 479. The molecule has 0 radical (unpaired) electrons. The van der Waals surface area contributed by atoms with Crippen LogP contribution in [0.2, 0.25) is 0 Å². The van der Waals surface area contributed by atoms with Gasteiger partial charge in [0, 0.05) is 4.90 Å². The molecule has 0 amide bonds. The summed E-state index contributed by atoms with van der Waals surface area (Å²) in [5, 5.41) is -0.230.